The van der Waals surface area contributed by atoms with Gasteiger partial charge in [-0.1, -0.05) is 20.3 Å². The van der Waals surface area contributed by atoms with E-state index in [0.717, 1.165) is 12.8 Å². The molecule has 84 valence electrons. The van der Waals surface area contributed by atoms with Crippen LogP contribution in [-0.2, 0) is 0 Å². The van der Waals surface area contributed by atoms with Crippen molar-refractivity contribution in [3.8, 4) is 0 Å². The predicted octanol–water partition coefficient (Wildman–Crippen LogP) is 3.19. The Kier molecular flexibility index (Phi) is 3.51. The Bertz CT molecular complexity index is 190. The molecular formula is C11H21F2N. The molecule has 1 unspecified atom stereocenters. The highest BCUT2D eigenvalue weighted by Gasteiger charge is 2.43. The number of rotatable bonds is 3. The van der Waals surface area contributed by atoms with E-state index < -0.39 is 11.8 Å². The van der Waals surface area contributed by atoms with E-state index in [9.17, 15) is 8.78 Å². The summed E-state index contributed by atoms with van der Waals surface area (Å²) < 4.78 is 27.1. The first kappa shape index (κ1) is 11.9. The summed E-state index contributed by atoms with van der Waals surface area (Å²) in [5.74, 6) is -3.00. The summed E-state index contributed by atoms with van der Waals surface area (Å²) in [6, 6.07) is 0. The SMILES string of the molecule is CC1(C)CCCC(C(F)(F)CCN)C1. The molecular weight excluding hydrogens is 184 g/mol. The Labute approximate surface area is 85.1 Å². The highest BCUT2D eigenvalue weighted by molar-refractivity contribution is 4.87. The summed E-state index contributed by atoms with van der Waals surface area (Å²) in [6.07, 6.45) is 3.14. The number of nitrogens with two attached hydrogens (primary N) is 1. The van der Waals surface area contributed by atoms with Crippen LogP contribution in [0.4, 0.5) is 8.78 Å². The Hall–Kier alpha value is -0.180. The molecule has 3 heteroatoms. The number of hydrogen-bond donors (Lipinski definition) is 1. The first-order chi connectivity index (χ1) is 6.37. The quantitative estimate of drug-likeness (QED) is 0.752. The van der Waals surface area contributed by atoms with Crippen molar-refractivity contribution in [3.05, 3.63) is 0 Å². The zero-order chi connectivity index (χ0) is 10.8. The first-order valence-electron chi connectivity index (χ1n) is 5.45. The van der Waals surface area contributed by atoms with Crippen molar-refractivity contribution in [3.63, 3.8) is 0 Å². The van der Waals surface area contributed by atoms with Crippen molar-refractivity contribution in [2.75, 3.05) is 6.54 Å². The summed E-state index contributed by atoms with van der Waals surface area (Å²) in [5.41, 5.74) is 5.29. The molecule has 1 fully saturated rings. The van der Waals surface area contributed by atoms with E-state index in [-0.39, 0.29) is 18.4 Å². The summed E-state index contributed by atoms with van der Waals surface area (Å²) in [7, 11) is 0. The lowest BCUT2D eigenvalue weighted by atomic mass is 9.70. The van der Waals surface area contributed by atoms with E-state index in [1.807, 2.05) is 0 Å². The lowest BCUT2D eigenvalue weighted by molar-refractivity contribution is -0.0908. The van der Waals surface area contributed by atoms with Crippen LogP contribution < -0.4 is 5.73 Å². The van der Waals surface area contributed by atoms with Crippen LogP contribution in [0.15, 0.2) is 0 Å². The van der Waals surface area contributed by atoms with Crippen molar-refractivity contribution in [2.24, 2.45) is 17.1 Å². The van der Waals surface area contributed by atoms with Crippen molar-refractivity contribution in [2.45, 2.75) is 51.9 Å². The Morgan fingerprint density at radius 3 is 2.57 bits per heavy atom. The Morgan fingerprint density at radius 1 is 1.43 bits per heavy atom. The molecule has 2 N–H and O–H groups in total. The van der Waals surface area contributed by atoms with Gasteiger partial charge < -0.3 is 5.73 Å². The van der Waals surface area contributed by atoms with Crippen LogP contribution in [0.3, 0.4) is 0 Å². The van der Waals surface area contributed by atoms with Crippen molar-refractivity contribution in [1.29, 1.82) is 0 Å². The van der Waals surface area contributed by atoms with Crippen LogP contribution in [0.1, 0.15) is 46.0 Å². The molecule has 0 bridgehead atoms. The van der Waals surface area contributed by atoms with Gasteiger partial charge in [0.05, 0.1) is 0 Å². The number of hydrogen-bond acceptors (Lipinski definition) is 1. The van der Waals surface area contributed by atoms with Crippen LogP contribution in [0, 0.1) is 11.3 Å². The van der Waals surface area contributed by atoms with Gasteiger partial charge in [0.1, 0.15) is 0 Å². The summed E-state index contributed by atoms with van der Waals surface area (Å²) >= 11 is 0. The molecule has 1 nitrogen and oxygen atoms in total. The molecule has 1 aliphatic rings. The molecule has 0 amide bonds. The lowest BCUT2D eigenvalue weighted by Gasteiger charge is -2.38. The van der Waals surface area contributed by atoms with E-state index in [1.165, 1.54) is 0 Å². The standard InChI is InChI=1S/C11H21F2N/c1-10(2)5-3-4-9(8-10)11(12,13)6-7-14/h9H,3-8,14H2,1-2H3. The van der Waals surface area contributed by atoms with E-state index in [0.29, 0.717) is 12.8 Å². The van der Waals surface area contributed by atoms with Gasteiger partial charge >= 0.3 is 0 Å². The second-order valence-electron chi connectivity index (χ2n) is 5.26. The molecule has 0 heterocycles. The zero-order valence-electron chi connectivity index (χ0n) is 9.15. The third-order valence-electron chi connectivity index (χ3n) is 3.28. The minimum atomic E-state index is -2.55. The molecule has 0 aromatic heterocycles. The predicted molar refractivity (Wildman–Crippen MR) is 54.4 cm³/mol. The largest absolute Gasteiger partial charge is 0.330 e. The number of alkyl halides is 2. The molecule has 1 saturated carbocycles. The van der Waals surface area contributed by atoms with Gasteiger partial charge in [-0.3, -0.25) is 0 Å². The van der Waals surface area contributed by atoms with Crippen molar-refractivity contribution < 1.29 is 8.78 Å². The van der Waals surface area contributed by atoms with Gasteiger partial charge in [0.15, 0.2) is 0 Å². The maximum Gasteiger partial charge on any atom is 0.252 e. The smallest absolute Gasteiger partial charge is 0.252 e. The van der Waals surface area contributed by atoms with Gasteiger partial charge in [-0.2, -0.15) is 0 Å². The average molecular weight is 205 g/mol. The second kappa shape index (κ2) is 4.13. The van der Waals surface area contributed by atoms with E-state index in [1.54, 1.807) is 0 Å². The molecule has 14 heavy (non-hydrogen) atoms. The number of halogens is 2. The van der Waals surface area contributed by atoms with Crippen LogP contribution in [0.2, 0.25) is 0 Å². The molecule has 0 aromatic rings. The molecule has 0 radical (unpaired) electrons. The average Bonchev–Trinajstić information content (AvgIpc) is 2.02. The molecule has 0 spiro atoms. The molecule has 0 saturated heterocycles. The third kappa shape index (κ3) is 2.91. The topological polar surface area (TPSA) is 26.0 Å². The Morgan fingerprint density at radius 2 is 2.07 bits per heavy atom. The minimum Gasteiger partial charge on any atom is -0.330 e. The highest BCUT2D eigenvalue weighted by atomic mass is 19.3. The summed E-state index contributed by atoms with van der Waals surface area (Å²) in [5, 5.41) is 0. The van der Waals surface area contributed by atoms with Crippen LogP contribution in [0.5, 0.6) is 0 Å². The van der Waals surface area contributed by atoms with Gasteiger partial charge in [-0.25, -0.2) is 8.78 Å². The second-order valence-corrected chi connectivity index (χ2v) is 5.26. The molecule has 1 atom stereocenters. The summed E-state index contributed by atoms with van der Waals surface area (Å²) in [4.78, 5) is 0. The fraction of sp³-hybridized carbons (Fsp3) is 1.00. The minimum absolute atomic E-state index is 0.0843. The molecule has 0 aliphatic heterocycles. The lowest BCUT2D eigenvalue weighted by Crippen LogP contribution is -2.37. The van der Waals surface area contributed by atoms with Gasteiger partial charge in [-0.15, -0.1) is 0 Å². The Balaban J connectivity index is 2.59. The van der Waals surface area contributed by atoms with E-state index in [2.05, 4.69) is 13.8 Å². The van der Waals surface area contributed by atoms with Crippen molar-refractivity contribution >= 4 is 0 Å². The molecule has 1 rings (SSSR count). The summed E-state index contributed by atoms with van der Waals surface area (Å²) in [6.45, 7) is 4.25. The monoisotopic (exact) mass is 205 g/mol. The first-order valence-corrected chi connectivity index (χ1v) is 5.45. The van der Waals surface area contributed by atoms with Crippen LogP contribution in [-0.4, -0.2) is 12.5 Å². The fourth-order valence-electron chi connectivity index (χ4n) is 2.46. The van der Waals surface area contributed by atoms with E-state index in [4.69, 9.17) is 5.73 Å². The molecule has 0 aromatic carbocycles. The highest BCUT2D eigenvalue weighted by Crippen LogP contribution is 2.45. The van der Waals surface area contributed by atoms with Crippen molar-refractivity contribution in [1.82, 2.24) is 0 Å². The van der Waals surface area contributed by atoms with E-state index >= 15 is 0 Å². The van der Waals surface area contributed by atoms with Gasteiger partial charge in [0.2, 0.25) is 0 Å². The zero-order valence-corrected chi connectivity index (χ0v) is 9.15. The third-order valence-corrected chi connectivity index (χ3v) is 3.28. The van der Waals surface area contributed by atoms with Crippen LogP contribution >= 0.6 is 0 Å². The maximum atomic E-state index is 13.6. The fourth-order valence-corrected chi connectivity index (χ4v) is 2.46. The van der Waals surface area contributed by atoms with Crippen LogP contribution in [0.25, 0.3) is 0 Å². The maximum absolute atomic E-state index is 13.6. The normalized spacial score (nSPS) is 27.6. The van der Waals surface area contributed by atoms with Gasteiger partial charge in [0, 0.05) is 12.3 Å². The van der Waals surface area contributed by atoms with Gasteiger partial charge in [-0.05, 0) is 31.2 Å². The van der Waals surface area contributed by atoms with Gasteiger partial charge in [0.25, 0.3) is 5.92 Å². The molecule has 1 aliphatic carbocycles.